The maximum atomic E-state index is 13.4. The fourth-order valence-electron chi connectivity index (χ4n) is 3.66. The van der Waals surface area contributed by atoms with Crippen molar-refractivity contribution < 1.29 is 14.5 Å². The zero-order valence-corrected chi connectivity index (χ0v) is 20.7. The molecule has 0 saturated heterocycles. The molecule has 0 aliphatic rings. The highest BCUT2D eigenvalue weighted by Gasteiger charge is 2.29. The third kappa shape index (κ3) is 7.68. The Bertz CT molecular complexity index is 1140. The van der Waals surface area contributed by atoms with Crippen LogP contribution in [0, 0.1) is 17.0 Å². The average Bonchev–Trinajstić information content (AvgIpc) is 2.87. The molecule has 1 unspecified atom stereocenters. The van der Waals surface area contributed by atoms with Gasteiger partial charge in [0, 0.05) is 37.9 Å². The highest BCUT2D eigenvalue weighted by Crippen LogP contribution is 2.20. The van der Waals surface area contributed by atoms with E-state index in [0.29, 0.717) is 18.7 Å². The predicted molar refractivity (Wildman–Crippen MR) is 139 cm³/mol. The zero-order valence-electron chi connectivity index (χ0n) is 19.8. The van der Waals surface area contributed by atoms with Crippen LogP contribution in [0.15, 0.2) is 78.9 Å². The van der Waals surface area contributed by atoms with Crippen molar-refractivity contribution in [3.05, 3.63) is 111 Å². The number of non-ortho nitro benzene ring substituents is 1. The summed E-state index contributed by atoms with van der Waals surface area (Å²) >= 11 is 1.42. The summed E-state index contributed by atoms with van der Waals surface area (Å²) in [5, 5.41) is 13.6. The number of amides is 2. The van der Waals surface area contributed by atoms with Gasteiger partial charge in [0.25, 0.3) is 5.69 Å². The van der Waals surface area contributed by atoms with E-state index in [2.05, 4.69) is 5.32 Å². The smallest absolute Gasteiger partial charge is 0.269 e. The van der Waals surface area contributed by atoms with Crippen molar-refractivity contribution in [2.45, 2.75) is 31.7 Å². The topological polar surface area (TPSA) is 92.6 Å². The minimum Gasteiger partial charge on any atom is -0.357 e. The first-order valence-corrected chi connectivity index (χ1v) is 12.4. The quantitative estimate of drug-likeness (QED) is 0.314. The summed E-state index contributed by atoms with van der Waals surface area (Å²) in [5.41, 5.74) is 3.98. The second-order valence-corrected chi connectivity index (χ2v) is 9.23. The lowest BCUT2D eigenvalue weighted by molar-refractivity contribution is -0.384. The van der Waals surface area contributed by atoms with Crippen LogP contribution in [0.5, 0.6) is 0 Å². The van der Waals surface area contributed by atoms with Crippen molar-refractivity contribution >= 4 is 29.3 Å². The van der Waals surface area contributed by atoms with Gasteiger partial charge in [0.05, 0.1) is 10.7 Å². The molecule has 0 bridgehead atoms. The van der Waals surface area contributed by atoms with Gasteiger partial charge in [-0.25, -0.2) is 0 Å². The van der Waals surface area contributed by atoms with Crippen LogP contribution in [0.3, 0.4) is 0 Å². The number of hydrogen-bond donors (Lipinski definition) is 1. The number of nitro benzene ring substituents is 1. The van der Waals surface area contributed by atoms with Crippen LogP contribution in [0.2, 0.25) is 0 Å². The Balaban J connectivity index is 1.77. The third-order valence-electron chi connectivity index (χ3n) is 5.63. The lowest BCUT2D eigenvalue weighted by Gasteiger charge is -2.31. The normalized spacial score (nSPS) is 11.5. The van der Waals surface area contributed by atoms with Crippen molar-refractivity contribution in [2.24, 2.45) is 0 Å². The lowest BCUT2D eigenvalue weighted by atomic mass is 10.0. The number of nitrogens with one attached hydrogen (secondary N) is 1. The molecule has 0 fully saturated rings. The molecule has 35 heavy (non-hydrogen) atoms. The number of carbonyl (C=O) groups is 2. The number of benzene rings is 3. The van der Waals surface area contributed by atoms with E-state index in [1.54, 1.807) is 24.1 Å². The number of likely N-dealkylation sites (N-methyl/N-ethyl adjacent to an activating group) is 1. The third-order valence-corrected chi connectivity index (χ3v) is 6.62. The maximum absolute atomic E-state index is 13.4. The summed E-state index contributed by atoms with van der Waals surface area (Å²) in [6.07, 6.45) is 0.408. The van der Waals surface area contributed by atoms with E-state index in [-0.39, 0.29) is 23.3 Å². The van der Waals surface area contributed by atoms with Gasteiger partial charge in [0.2, 0.25) is 11.8 Å². The van der Waals surface area contributed by atoms with E-state index in [1.165, 1.54) is 23.9 Å². The van der Waals surface area contributed by atoms with Crippen LogP contribution in [0.1, 0.15) is 22.3 Å². The molecule has 0 aliphatic heterocycles. The molecule has 3 aromatic carbocycles. The maximum Gasteiger partial charge on any atom is 0.269 e. The number of carbonyl (C=O) groups excluding carboxylic acids is 2. The Morgan fingerprint density at radius 3 is 2.17 bits per heavy atom. The second-order valence-electron chi connectivity index (χ2n) is 8.24. The minimum atomic E-state index is -0.656. The molecule has 7 nitrogen and oxygen atoms in total. The number of nitrogens with zero attached hydrogens (tertiary/aromatic N) is 2. The lowest BCUT2D eigenvalue weighted by Crippen LogP contribution is -2.50. The molecule has 182 valence electrons. The van der Waals surface area contributed by atoms with Gasteiger partial charge in [0.1, 0.15) is 6.04 Å². The molecule has 8 heteroatoms. The van der Waals surface area contributed by atoms with Crippen LogP contribution in [0.25, 0.3) is 0 Å². The standard InChI is InChI=1S/C27H29N3O4S/c1-20-8-10-22(11-9-20)17-29(25(27(32)28-2)16-21-6-4-3-5-7-21)26(31)19-35-18-23-12-14-24(15-13-23)30(33)34/h3-15,25H,16-19H2,1-2H3,(H,28,32). The fourth-order valence-corrected chi connectivity index (χ4v) is 4.53. The fraction of sp³-hybridized carbons (Fsp3) is 0.259. The van der Waals surface area contributed by atoms with Crippen LogP contribution in [-0.2, 0) is 28.3 Å². The molecule has 1 N–H and O–H groups in total. The van der Waals surface area contributed by atoms with E-state index in [9.17, 15) is 19.7 Å². The van der Waals surface area contributed by atoms with Crippen molar-refractivity contribution in [1.82, 2.24) is 10.2 Å². The van der Waals surface area contributed by atoms with E-state index in [4.69, 9.17) is 0 Å². The molecule has 3 aromatic rings. The van der Waals surface area contributed by atoms with Crippen LogP contribution in [0.4, 0.5) is 5.69 Å². The number of rotatable bonds is 11. The molecule has 3 rings (SSSR count). The summed E-state index contributed by atoms with van der Waals surface area (Å²) in [6.45, 7) is 2.33. The Kier molecular flexibility index (Phi) is 9.43. The van der Waals surface area contributed by atoms with Gasteiger partial charge in [-0.05, 0) is 23.6 Å². The molecule has 0 heterocycles. The Hall–Kier alpha value is -3.65. The summed E-state index contributed by atoms with van der Waals surface area (Å²) in [7, 11) is 1.58. The van der Waals surface area contributed by atoms with Gasteiger partial charge in [-0.15, -0.1) is 11.8 Å². The monoisotopic (exact) mass is 491 g/mol. The van der Waals surface area contributed by atoms with Crippen LogP contribution < -0.4 is 5.32 Å². The first kappa shape index (κ1) is 26.0. The Labute approximate surface area is 209 Å². The first-order chi connectivity index (χ1) is 16.9. The van der Waals surface area contributed by atoms with Gasteiger partial charge in [-0.3, -0.25) is 19.7 Å². The first-order valence-electron chi connectivity index (χ1n) is 11.3. The number of hydrogen-bond acceptors (Lipinski definition) is 5. The van der Waals surface area contributed by atoms with Crippen molar-refractivity contribution in [3.63, 3.8) is 0 Å². The summed E-state index contributed by atoms with van der Waals surface area (Å²) in [4.78, 5) is 38.4. The SMILES string of the molecule is CNC(=O)C(Cc1ccccc1)N(Cc1ccc(C)cc1)C(=O)CSCc1ccc([N+](=O)[O-])cc1. The van der Waals surface area contributed by atoms with Crippen molar-refractivity contribution in [3.8, 4) is 0 Å². The number of thioether (sulfide) groups is 1. The van der Waals surface area contributed by atoms with Crippen molar-refractivity contribution in [1.29, 1.82) is 0 Å². The molecule has 2 amide bonds. The molecule has 0 radical (unpaired) electrons. The average molecular weight is 492 g/mol. The second kappa shape index (κ2) is 12.7. The molecule has 1 atom stereocenters. The Morgan fingerprint density at radius 1 is 0.943 bits per heavy atom. The van der Waals surface area contributed by atoms with Gasteiger partial charge < -0.3 is 10.2 Å². The van der Waals surface area contributed by atoms with E-state index < -0.39 is 11.0 Å². The minimum absolute atomic E-state index is 0.0356. The van der Waals surface area contributed by atoms with Gasteiger partial charge in [0.15, 0.2) is 0 Å². The predicted octanol–water partition coefficient (Wildman–Crippen LogP) is 4.52. The molecule has 0 aromatic heterocycles. The largest absolute Gasteiger partial charge is 0.357 e. The molecule has 0 saturated carbocycles. The number of nitro groups is 1. The van der Waals surface area contributed by atoms with E-state index in [0.717, 1.165) is 22.3 Å². The molecular weight excluding hydrogens is 462 g/mol. The summed E-state index contributed by atoms with van der Waals surface area (Å²) in [6, 6.07) is 23.3. The summed E-state index contributed by atoms with van der Waals surface area (Å²) < 4.78 is 0. The van der Waals surface area contributed by atoms with Crippen LogP contribution >= 0.6 is 11.8 Å². The molecular formula is C27H29N3O4S. The highest BCUT2D eigenvalue weighted by atomic mass is 32.2. The van der Waals surface area contributed by atoms with E-state index in [1.807, 2.05) is 61.5 Å². The van der Waals surface area contributed by atoms with E-state index >= 15 is 0 Å². The van der Waals surface area contributed by atoms with Crippen molar-refractivity contribution in [2.75, 3.05) is 12.8 Å². The van der Waals surface area contributed by atoms with Crippen LogP contribution in [-0.4, -0.2) is 40.5 Å². The van der Waals surface area contributed by atoms with Gasteiger partial charge in [-0.2, -0.15) is 0 Å². The summed E-state index contributed by atoms with van der Waals surface area (Å²) in [5.74, 6) is 0.369. The molecule has 0 aliphatic carbocycles. The van der Waals surface area contributed by atoms with Gasteiger partial charge in [-0.1, -0.05) is 72.3 Å². The van der Waals surface area contributed by atoms with Gasteiger partial charge >= 0.3 is 0 Å². The zero-order chi connectivity index (χ0) is 25.2. The Morgan fingerprint density at radius 2 is 1.57 bits per heavy atom. The molecule has 0 spiro atoms. The highest BCUT2D eigenvalue weighted by molar-refractivity contribution is 7.99. The number of aryl methyl sites for hydroxylation is 1.